The van der Waals surface area contributed by atoms with Gasteiger partial charge in [-0.2, -0.15) is 0 Å². The van der Waals surface area contributed by atoms with Crippen LogP contribution in [0.1, 0.15) is 119 Å². The van der Waals surface area contributed by atoms with E-state index in [-0.39, 0.29) is 57.1 Å². The van der Waals surface area contributed by atoms with E-state index in [0.29, 0.717) is 13.0 Å². The SMILES string of the molecule is CC(=O)O[C@@]1(OCc2ccccc2)CC[C@@]2(C)C(CC[C@]3(C)[C@@H]2C(=O)C=C2[C@@H]4C[C@@](C)(C(N)=O)CC[C@]4(C)CC[C@]23C)C1(C)C. The third kappa shape index (κ3) is 4.47. The van der Waals surface area contributed by atoms with Gasteiger partial charge in [-0.15, -0.1) is 0 Å². The van der Waals surface area contributed by atoms with Crippen LogP contribution in [0.4, 0.5) is 0 Å². The molecular weight excluding hydrogens is 562 g/mol. The van der Waals surface area contributed by atoms with Gasteiger partial charge in [0.15, 0.2) is 5.78 Å². The average molecular weight is 618 g/mol. The molecule has 0 heterocycles. The van der Waals surface area contributed by atoms with Crippen molar-refractivity contribution < 1.29 is 23.9 Å². The number of esters is 1. The first kappa shape index (κ1) is 32.5. The molecule has 0 bridgehead atoms. The zero-order chi connectivity index (χ0) is 32.8. The first-order chi connectivity index (χ1) is 20.9. The molecule has 0 spiro atoms. The largest absolute Gasteiger partial charge is 0.433 e. The van der Waals surface area contributed by atoms with Crippen molar-refractivity contribution in [3.63, 3.8) is 0 Å². The lowest BCUT2D eigenvalue weighted by Gasteiger charge is -2.71. The molecule has 0 radical (unpaired) electrons. The predicted octanol–water partition coefficient (Wildman–Crippen LogP) is 7.93. The highest BCUT2D eigenvalue weighted by molar-refractivity contribution is 5.95. The summed E-state index contributed by atoms with van der Waals surface area (Å²) in [5, 5.41) is 0. The second kappa shape index (κ2) is 10.3. The third-order valence-corrected chi connectivity index (χ3v) is 14.9. The van der Waals surface area contributed by atoms with Gasteiger partial charge in [-0.3, -0.25) is 14.4 Å². The van der Waals surface area contributed by atoms with E-state index in [1.807, 2.05) is 43.3 Å². The molecule has 4 fully saturated rings. The van der Waals surface area contributed by atoms with Crippen LogP contribution in [0.15, 0.2) is 42.0 Å². The van der Waals surface area contributed by atoms with Gasteiger partial charge in [0.25, 0.3) is 0 Å². The number of amides is 1. The van der Waals surface area contributed by atoms with Gasteiger partial charge in [0, 0.05) is 30.1 Å². The van der Waals surface area contributed by atoms with Crippen molar-refractivity contribution in [3.8, 4) is 0 Å². The summed E-state index contributed by atoms with van der Waals surface area (Å²) in [6.45, 7) is 17.8. The predicted molar refractivity (Wildman–Crippen MR) is 174 cm³/mol. The van der Waals surface area contributed by atoms with Crippen LogP contribution in [-0.4, -0.2) is 23.4 Å². The molecule has 6 heteroatoms. The van der Waals surface area contributed by atoms with Crippen molar-refractivity contribution in [1.82, 2.24) is 0 Å². The Morgan fingerprint density at radius 3 is 2.20 bits per heavy atom. The number of carbonyl (C=O) groups excluding carboxylic acids is 3. The van der Waals surface area contributed by atoms with Crippen LogP contribution in [0, 0.1) is 50.2 Å². The average Bonchev–Trinajstić information content (AvgIpc) is 2.96. The molecule has 1 amide bonds. The van der Waals surface area contributed by atoms with Crippen LogP contribution in [0.3, 0.4) is 0 Å². The number of nitrogens with two attached hydrogens (primary N) is 1. The molecule has 1 aromatic carbocycles. The Labute approximate surface area is 270 Å². The maximum atomic E-state index is 14.7. The van der Waals surface area contributed by atoms with Gasteiger partial charge < -0.3 is 15.2 Å². The standard InChI is InChI=1S/C39H55NO5/c1-25(41)45-39(44-24-26-12-10-9-11-13-26)21-19-36(6)30(33(39,2)3)14-15-38(8)31(36)29(42)22-27-28-23-35(5,32(40)43)17-16-34(28,4)18-20-37(27,38)7/h9-13,22,28,30-31H,14-21,23-24H2,1-8H3,(H2,40,43)/t28-,30?,31+,34+,35-,36-,37+,38+,39-/m0/s1. The molecule has 1 unspecified atom stereocenters. The van der Waals surface area contributed by atoms with Crippen molar-refractivity contribution in [2.45, 2.75) is 126 Å². The number of primary amides is 1. The molecule has 0 aromatic heterocycles. The number of benzene rings is 1. The minimum Gasteiger partial charge on any atom is -0.433 e. The first-order valence-corrected chi connectivity index (χ1v) is 17.3. The molecular formula is C39H55NO5. The van der Waals surface area contributed by atoms with E-state index >= 15 is 0 Å². The lowest BCUT2D eigenvalue weighted by Crippen LogP contribution is -2.69. The molecule has 246 valence electrons. The number of allylic oxidation sites excluding steroid dienone is 2. The Bertz CT molecular complexity index is 1430. The Hall–Kier alpha value is -2.47. The van der Waals surface area contributed by atoms with Crippen LogP contribution in [0.5, 0.6) is 0 Å². The van der Waals surface area contributed by atoms with Gasteiger partial charge in [0.1, 0.15) is 0 Å². The molecule has 4 saturated carbocycles. The molecule has 0 aliphatic heterocycles. The Kier molecular flexibility index (Phi) is 7.41. The van der Waals surface area contributed by atoms with Gasteiger partial charge in [-0.1, -0.05) is 84.4 Å². The molecule has 6 rings (SSSR count). The van der Waals surface area contributed by atoms with E-state index in [9.17, 15) is 14.4 Å². The first-order valence-electron chi connectivity index (χ1n) is 17.3. The fourth-order valence-corrected chi connectivity index (χ4v) is 11.8. The van der Waals surface area contributed by atoms with Crippen molar-refractivity contribution in [1.29, 1.82) is 0 Å². The van der Waals surface area contributed by atoms with E-state index < -0.39 is 16.6 Å². The van der Waals surface area contributed by atoms with Crippen LogP contribution in [0.2, 0.25) is 0 Å². The second-order valence-corrected chi connectivity index (χ2v) is 17.5. The molecule has 5 aliphatic carbocycles. The van der Waals surface area contributed by atoms with E-state index in [2.05, 4.69) is 41.5 Å². The minimum atomic E-state index is -1.08. The number of ether oxygens (including phenoxy) is 2. The summed E-state index contributed by atoms with van der Waals surface area (Å²) in [5.41, 5.74) is 6.68. The smallest absolute Gasteiger partial charge is 0.305 e. The lowest BCUT2D eigenvalue weighted by atomic mass is 9.33. The summed E-state index contributed by atoms with van der Waals surface area (Å²) in [5.74, 6) is -1.23. The molecule has 6 nitrogen and oxygen atoms in total. The van der Waals surface area contributed by atoms with Gasteiger partial charge in [0.05, 0.1) is 6.61 Å². The molecule has 0 saturated heterocycles. The van der Waals surface area contributed by atoms with E-state index in [0.717, 1.165) is 56.9 Å². The van der Waals surface area contributed by atoms with Crippen molar-refractivity contribution in [2.24, 2.45) is 56.0 Å². The van der Waals surface area contributed by atoms with Crippen molar-refractivity contribution in [3.05, 3.63) is 47.5 Å². The molecule has 45 heavy (non-hydrogen) atoms. The number of ketones is 1. The Morgan fingerprint density at radius 2 is 1.56 bits per heavy atom. The summed E-state index contributed by atoms with van der Waals surface area (Å²) in [6.07, 6.45) is 9.86. The molecule has 5 aliphatic rings. The summed E-state index contributed by atoms with van der Waals surface area (Å²) in [6, 6.07) is 10.0. The zero-order valence-electron chi connectivity index (χ0n) is 28.9. The van der Waals surface area contributed by atoms with Crippen LogP contribution in [-0.2, 0) is 30.5 Å². The van der Waals surface area contributed by atoms with Gasteiger partial charge in [-0.05, 0) is 96.5 Å². The maximum Gasteiger partial charge on any atom is 0.305 e. The highest BCUT2D eigenvalue weighted by Crippen LogP contribution is 2.76. The molecule has 9 atom stereocenters. The van der Waals surface area contributed by atoms with Crippen molar-refractivity contribution in [2.75, 3.05) is 0 Å². The monoisotopic (exact) mass is 617 g/mol. The van der Waals surface area contributed by atoms with E-state index in [1.165, 1.54) is 12.5 Å². The van der Waals surface area contributed by atoms with Crippen molar-refractivity contribution >= 4 is 17.7 Å². The quantitative estimate of drug-likeness (QED) is 0.267. The highest BCUT2D eigenvalue weighted by Gasteiger charge is 2.73. The van der Waals surface area contributed by atoms with Crippen LogP contribution in [0.25, 0.3) is 0 Å². The highest BCUT2D eigenvalue weighted by atomic mass is 16.7. The van der Waals surface area contributed by atoms with E-state index in [1.54, 1.807) is 0 Å². The van der Waals surface area contributed by atoms with Gasteiger partial charge >= 0.3 is 5.97 Å². The summed E-state index contributed by atoms with van der Waals surface area (Å²) in [4.78, 5) is 40.0. The van der Waals surface area contributed by atoms with E-state index in [4.69, 9.17) is 15.2 Å². The van der Waals surface area contributed by atoms with Crippen LogP contribution >= 0.6 is 0 Å². The number of hydrogen-bond acceptors (Lipinski definition) is 5. The minimum absolute atomic E-state index is 0.0808. The number of rotatable bonds is 5. The second-order valence-electron chi connectivity index (χ2n) is 17.5. The van der Waals surface area contributed by atoms with Gasteiger partial charge in [0.2, 0.25) is 11.7 Å². The number of hydrogen-bond donors (Lipinski definition) is 1. The normalized spacial score (nSPS) is 45.2. The molecule has 1 aromatic rings. The third-order valence-electron chi connectivity index (χ3n) is 14.9. The molecule has 2 N–H and O–H groups in total. The fourth-order valence-electron chi connectivity index (χ4n) is 11.8. The fraction of sp³-hybridized carbons (Fsp3) is 0.718. The van der Waals surface area contributed by atoms with Gasteiger partial charge in [-0.25, -0.2) is 0 Å². The summed E-state index contributed by atoms with van der Waals surface area (Å²) < 4.78 is 12.9. The van der Waals surface area contributed by atoms with Crippen LogP contribution < -0.4 is 5.73 Å². The Morgan fingerprint density at radius 1 is 0.889 bits per heavy atom. The topological polar surface area (TPSA) is 95.7 Å². The summed E-state index contributed by atoms with van der Waals surface area (Å²) >= 11 is 0. The maximum absolute atomic E-state index is 14.7. The summed E-state index contributed by atoms with van der Waals surface area (Å²) in [7, 11) is 0. The number of fused-ring (bicyclic) bond motifs is 7. The zero-order valence-corrected chi connectivity index (χ0v) is 28.9. The number of carbonyl (C=O) groups is 3. The lowest BCUT2D eigenvalue weighted by molar-refractivity contribution is -0.336. The Balaban J connectivity index is 1.39.